The second-order valence-electron chi connectivity index (χ2n) is 5.38. The topological polar surface area (TPSA) is 24.5 Å². The number of hydrogen-bond acceptors (Lipinski definition) is 4. The Balaban J connectivity index is 1.83. The van der Waals surface area contributed by atoms with Crippen LogP contribution in [0.2, 0.25) is 0 Å². The molecule has 1 aliphatic heterocycles. The van der Waals surface area contributed by atoms with Crippen molar-refractivity contribution in [2.24, 2.45) is 0 Å². The van der Waals surface area contributed by atoms with Gasteiger partial charge in [-0.05, 0) is 38.9 Å². The van der Waals surface area contributed by atoms with E-state index in [9.17, 15) is 0 Å². The monoisotopic (exact) mass is 282 g/mol. The Morgan fingerprint density at radius 1 is 1.53 bits per heavy atom. The van der Waals surface area contributed by atoms with Gasteiger partial charge in [-0.3, -0.25) is 4.90 Å². The van der Waals surface area contributed by atoms with E-state index in [0.717, 1.165) is 32.8 Å². The minimum Gasteiger partial charge on any atom is -0.374 e. The van der Waals surface area contributed by atoms with Crippen molar-refractivity contribution in [1.82, 2.24) is 10.2 Å². The zero-order chi connectivity index (χ0) is 13.8. The molecule has 1 saturated heterocycles. The van der Waals surface area contributed by atoms with Crippen LogP contribution in [-0.4, -0.2) is 43.8 Å². The fraction of sp³-hybridized carbons (Fsp3) is 0.733. The lowest BCUT2D eigenvalue weighted by atomic mass is 10.1. The Bertz CT molecular complexity index is 405. The molecule has 1 aromatic rings. The highest BCUT2D eigenvalue weighted by atomic mass is 32.1. The molecule has 2 heterocycles. The van der Waals surface area contributed by atoms with Crippen molar-refractivity contribution >= 4 is 11.3 Å². The molecule has 1 N–H and O–H groups in total. The summed E-state index contributed by atoms with van der Waals surface area (Å²) >= 11 is 1.88. The first kappa shape index (κ1) is 15.0. The van der Waals surface area contributed by atoms with Gasteiger partial charge >= 0.3 is 0 Å². The molecule has 1 aromatic heterocycles. The third kappa shape index (κ3) is 4.02. The predicted octanol–water partition coefficient (Wildman–Crippen LogP) is 2.74. The third-order valence-corrected chi connectivity index (χ3v) is 4.85. The number of nitrogens with zero attached hydrogens (tertiary/aromatic N) is 1. The van der Waals surface area contributed by atoms with Crippen LogP contribution in [0.4, 0.5) is 0 Å². The van der Waals surface area contributed by atoms with Crippen molar-refractivity contribution in [3.05, 3.63) is 21.4 Å². The van der Waals surface area contributed by atoms with E-state index in [2.05, 4.69) is 44.0 Å². The number of morpholine rings is 1. The summed E-state index contributed by atoms with van der Waals surface area (Å²) in [4.78, 5) is 5.28. The highest BCUT2D eigenvalue weighted by Gasteiger charge is 2.20. The molecular formula is C15H26N2OS. The van der Waals surface area contributed by atoms with Crippen molar-refractivity contribution in [3.63, 3.8) is 0 Å². The molecule has 0 amide bonds. The standard InChI is InChI=1S/C15H26N2OS/c1-5-17-6-7-18-14(10-17)9-16-12(3)15-8-11(2)19-13(15)4/h8,12,14,16H,5-7,9-10H2,1-4H3. The van der Waals surface area contributed by atoms with Gasteiger partial charge in [0.05, 0.1) is 12.7 Å². The van der Waals surface area contributed by atoms with E-state index >= 15 is 0 Å². The van der Waals surface area contributed by atoms with E-state index in [1.54, 1.807) is 0 Å². The van der Waals surface area contributed by atoms with Gasteiger partial charge in [0.25, 0.3) is 0 Å². The van der Waals surface area contributed by atoms with Gasteiger partial charge < -0.3 is 10.1 Å². The smallest absolute Gasteiger partial charge is 0.0826 e. The Morgan fingerprint density at radius 3 is 2.95 bits per heavy atom. The van der Waals surface area contributed by atoms with E-state index in [0.29, 0.717) is 12.1 Å². The van der Waals surface area contributed by atoms with Crippen molar-refractivity contribution in [2.75, 3.05) is 32.8 Å². The summed E-state index contributed by atoms with van der Waals surface area (Å²) in [5.41, 5.74) is 1.44. The van der Waals surface area contributed by atoms with Crippen LogP contribution in [0.15, 0.2) is 6.07 Å². The van der Waals surface area contributed by atoms with Crippen LogP contribution >= 0.6 is 11.3 Å². The number of ether oxygens (including phenoxy) is 1. The molecule has 19 heavy (non-hydrogen) atoms. The molecule has 2 unspecified atom stereocenters. The molecule has 2 atom stereocenters. The normalized spacial score (nSPS) is 22.6. The molecule has 1 fully saturated rings. The first-order valence-electron chi connectivity index (χ1n) is 7.24. The van der Waals surface area contributed by atoms with Gasteiger partial charge in [0.1, 0.15) is 0 Å². The zero-order valence-electron chi connectivity index (χ0n) is 12.5. The summed E-state index contributed by atoms with van der Waals surface area (Å²) in [5.74, 6) is 0. The lowest BCUT2D eigenvalue weighted by molar-refractivity contribution is -0.0262. The van der Waals surface area contributed by atoms with Crippen LogP contribution < -0.4 is 5.32 Å². The van der Waals surface area contributed by atoms with Gasteiger partial charge in [0.2, 0.25) is 0 Å². The van der Waals surface area contributed by atoms with Gasteiger partial charge in [0, 0.05) is 35.4 Å². The molecular weight excluding hydrogens is 256 g/mol. The van der Waals surface area contributed by atoms with Crippen molar-refractivity contribution < 1.29 is 4.74 Å². The highest BCUT2D eigenvalue weighted by molar-refractivity contribution is 7.12. The minimum atomic E-state index is 0.330. The van der Waals surface area contributed by atoms with Crippen LogP contribution in [-0.2, 0) is 4.74 Å². The molecule has 2 rings (SSSR count). The Labute approximate surface area is 121 Å². The largest absolute Gasteiger partial charge is 0.374 e. The van der Waals surface area contributed by atoms with Gasteiger partial charge in [0.15, 0.2) is 0 Å². The van der Waals surface area contributed by atoms with E-state index in [4.69, 9.17) is 4.74 Å². The molecule has 4 heteroatoms. The molecule has 0 spiro atoms. The molecule has 3 nitrogen and oxygen atoms in total. The first-order valence-corrected chi connectivity index (χ1v) is 8.06. The maximum Gasteiger partial charge on any atom is 0.0826 e. The summed E-state index contributed by atoms with van der Waals surface area (Å²) < 4.78 is 5.83. The Morgan fingerprint density at radius 2 is 2.32 bits per heavy atom. The van der Waals surface area contributed by atoms with Crippen LogP contribution in [0, 0.1) is 13.8 Å². The van der Waals surface area contributed by atoms with Crippen molar-refractivity contribution in [3.8, 4) is 0 Å². The molecule has 0 saturated carbocycles. The average molecular weight is 282 g/mol. The van der Waals surface area contributed by atoms with Gasteiger partial charge in [-0.1, -0.05) is 6.92 Å². The number of rotatable bonds is 5. The SMILES string of the molecule is CCN1CCOC(CNC(C)c2cc(C)sc2C)C1. The van der Waals surface area contributed by atoms with Gasteiger partial charge in [-0.2, -0.15) is 0 Å². The quantitative estimate of drug-likeness (QED) is 0.899. The molecule has 1 aliphatic rings. The summed E-state index contributed by atoms with van der Waals surface area (Å²) in [6, 6.07) is 2.71. The average Bonchev–Trinajstić information content (AvgIpc) is 2.75. The lowest BCUT2D eigenvalue weighted by Gasteiger charge is -2.32. The first-order chi connectivity index (χ1) is 9.10. The second kappa shape index (κ2) is 6.84. The lowest BCUT2D eigenvalue weighted by Crippen LogP contribution is -2.46. The van der Waals surface area contributed by atoms with Gasteiger partial charge in [-0.25, -0.2) is 0 Å². The fourth-order valence-corrected chi connectivity index (χ4v) is 3.71. The van der Waals surface area contributed by atoms with Crippen LogP contribution in [0.5, 0.6) is 0 Å². The third-order valence-electron chi connectivity index (χ3n) is 3.87. The van der Waals surface area contributed by atoms with Gasteiger partial charge in [-0.15, -0.1) is 11.3 Å². The van der Waals surface area contributed by atoms with Crippen LogP contribution in [0.1, 0.15) is 35.2 Å². The Kier molecular flexibility index (Phi) is 5.39. The number of hydrogen-bond donors (Lipinski definition) is 1. The number of aryl methyl sites for hydroxylation is 2. The number of thiophene rings is 1. The molecule has 0 aliphatic carbocycles. The van der Waals surface area contributed by atoms with Crippen LogP contribution in [0.25, 0.3) is 0 Å². The summed E-state index contributed by atoms with van der Waals surface area (Å²) in [5, 5.41) is 3.62. The minimum absolute atomic E-state index is 0.330. The molecule has 108 valence electrons. The van der Waals surface area contributed by atoms with Crippen molar-refractivity contribution in [1.29, 1.82) is 0 Å². The second-order valence-corrected chi connectivity index (χ2v) is 6.84. The molecule has 0 aromatic carbocycles. The van der Waals surface area contributed by atoms with E-state index in [1.165, 1.54) is 15.3 Å². The van der Waals surface area contributed by atoms with E-state index in [1.807, 2.05) is 11.3 Å². The van der Waals surface area contributed by atoms with Crippen LogP contribution in [0.3, 0.4) is 0 Å². The Hall–Kier alpha value is -0.420. The maximum atomic E-state index is 5.83. The molecule has 0 bridgehead atoms. The molecule has 0 radical (unpaired) electrons. The van der Waals surface area contributed by atoms with Crippen molar-refractivity contribution in [2.45, 2.75) is 39.8 Å². The predicted molar refractivity (Wildman–Crippen MR) is 82.1 cm³/mol. The van der Waals surface area contributed by atoms with E-state index in [-0.39, 0.29) is 0 Å². The number of likely N-dealkylation sites (N-methyl/N-ethyl adjacent to an activating group) is 1. The fourth-order valence-electron chi connectivity index (χ4n) is 2.69. The summed E-state index contributed by atoms with van der Waals surface area (Å²) in [6.07, 6.45) is 0.330. The summed E-state index contributed by atoms with van der Waals surface area (Å²) in [6.45, 7) is 13.9. The number of nitrogens with one attached hydrogen (secondary N) is 1. The highest BCUT2D eigenvalue weighted by Crippen LogP contribution is 2.26. The zero-order valence-corrected chi connectivity index (χ0v) is 13.3. The summed E-state index contributed by atoms with van der Waals surface area (Å²) in [7, 11) is 0. The van der Waals surface area contributed by atoms with E-state index < -0.39 is 0 Å². The maximum absolute atomic E-state index is 5.83.